The van der Waals surface area contributed by atoms with E-state index in [9.17, 15) is 0 Å². The van der Waals surface area contributed by atoms with Crippen LogP contribution in [0.1, 0.15) is 49.7 Å². The van der Waals surface area contributed by atoms with E-state index in [2.05, 4.69) is 36.1 Å². The van der Waals surface area contributed by atoms with Gasteiger partial charge in [0.05, 0.1) is 18.6 Å². The number of nitrogens with two attached hydrogens (primary N) is 1. The predicted molar refractivity (Wildman–Crippen MR) is 113 cm³/mol. The molecular formula is C25H29NO2. The van der Waals surface area contributed by atoms with Crippen molar-refractivity contribution in [2.24, 2.45) is 11.7 Å². The van der Waals surface area contributed by atoms with E-state index < -0.39 is 0 Å². The summed E-state index contributed by atoms with van der Waals surface area (Å²) in [5.41, 5.74) is 8.05. The van der Waals surface area contributed by atoms with E-state index in [0.29, 0.717) is 12.0 Å². The topological polar surface area (TPSA) is 44.5 Å². The second-order valence-corrected chi connectivity index (χ2v) is 8.10. The molecule has 0 unspecified atom stereocenters. The fraction of sp³-hybridized carbons (Fsp3) is 0.440. The van der Waals surface area contributed by atoms with E-state index >= 15 is 0 Å². The summed E-state index contributed by atoms with van der Waals surface area (Å²) in [5, 5.41) is 0. The van der Waals surface area contributed by atoms with Crippen molar-refractivity contribution in [3.8, 4) is 23.3 Å². The zero-order valence-electron chi connectivity index (χ0n) is 16.6. The lowest BCUT2D eigenvalue weighted by Gasteiger charge is -2.44. The van der Waals surface area contributed by atoms with Gasteiger partial charge < -0.3 is 15.2 Å². The smallest absolute Gasteiger partial charge is 0.161 e. The van der Waals surface area contributed by atoms with Crippen LogP contribution in [0.5, 0.6) is 11.5 Å². The Morgan fingerprint density at radius 3 is 2.46 bits per heavy atom. The maximum absolute atomic E-state index is 6.32. The number of ether oxygens (including phenoxy) is 2. The van der Waals surface area contributed by atoms with Gasteiger partial charge in [-0.15, -0.1) is 0 Å². The molecule has 4 rings (SSSR count). The minimum atomic E-state index is -0.153. The third kappa shape index (κ3) is 3.88. The molecule has 0 aliphatic heterocycles. The van der Waals surface area contributed by atoms with Gasteiger partial charge in [0.25, 0.3) is 0 Å². The van der Waals surface area contributed by atoms with E-state index in [1.54, 1.807) is 7.11 Å². The van der Waals surface area contributed by atoms with Crippen molar-refractivity contribution in [2.75, 3.05) is 13.7 Å². The van der Waals surface area contributed by atoms with Crippen LogP contribution in [-0.4, -0.2) is 19.8 Å². The summed E-state index contributed by atoms with van der Waals surface area (Å²) in [6, 6.07) is 16.5. The normalized spacial score (nSPS) is 24.1. The van der Waals surface area contributed by atoms with Gasteiger partial charge in [-0.05, 0) is 80.8 Å². The van der Waals surface area contributed by atoms with Crippen molar-refractivity contribution < 1.29 is 9.47 Å². The van der Waals surface area contributed by atoms with Crippen LogP contribution in [0.15, 0.2) is 48.5 Å². The Bertz CT molecular complexity index is 853. The maximum Gasteiger partial charge on any atom is 0.161 e. The lowest BCUT2D eigenvalue weighted by molar-refractivity contribution is 0.193. The van der Waals surface area contributed by atoms with Crippen molar-refractivity contribution in [3.05, 3.63) is 59.7 Å². The number of benzene rings is 2. The van der Waals surface area contributed by atoms with Gasteiger partial charge in [0.15, 0.2) is 11.5 Å². The second-order valence-electron chi connectivity index (χ2n) is 8.10. The Morgan fingerprint density at radius 1 is 1.04 bits per heavy atom. The van der Waals surface area contributed by atoms with Crippen molar-refractivity contribution in [2.45, 2.75) is 50.0 Å². The summed E-state index contributed by atoms with van der Waals surface area (Å²) in [6.07, 6.45) is 7.04. The average Bonchev–Trinajstić information content (AvgIpc) is 3.21. The fourth-order valence-electron chi connectivity index (χ4n) is 4.47. The monoisotopic (exact) mass is 375 g/mol. The highest BCUT2D eigenvalue weighted by molar-refractivity contribution is 5.51. The van der Waals surface area contributed by atoms with Gasteiger partial charge in [0.2, 0.25) is 0 Å². The molecule has 0 heterocycles. The molecule has 3 nitrogen and oxygen atoms in total. The van der Waals surface area contributed by atoms with Gasteiger partial charge in [-0.25, -0.2) is 0 Å². The highest BCUT2D eigenvalue weighted by atomic mass is 16.5. The number of hydrogen-bond acceptors (Lipinski definition) is 3. The largest absolute Gasteiger partial charge is 0.493 e. The SMILES string of the molecule is COc1ccc(C2(C#Cc3ccccc3)CC(CN)C2)cc1OC1CCCC1. The van der Waals surface area contributed by atoms with Crippen LogP contribution >= 0.6 is 0 Å². The Hall–Kier alpha value is -2.44. The molecule has 28 heavy (non-hydrogen) atoms. The Labute approximate surface area is 168 Å². The third-order valence-electron chi connectivity index (χ3n) is 6.14. The summed E-state index contributed by atoms with van der Waals surface area (Å²) < 4.78 is 11.9. The van der Waals surface area contributed by atoms with E-state index in [0.717, 1.165) is 49.3 Å². The zero-order chi connectivity index (χ0) is 19.4. The van der Waals surface area contributed by atoms with Gasteiger partial charge in [-0.3, -0.25) is 0 Å². The molecule has 0 spiro atoms. The van der Waals surface area contributed by atoms with Gasteiger partial charge in [-0.2, -0.15) is 0 Å². The molecule has 2 N–H and O–H groups in total. The molecule has 2 saturated carbocycles. The molecule has 2 aliphatic carbocycles. The van der Waals surface area contributed by atoms with Gasteiger partial charge in [0, 0.05) is 5.56 Å². The molecule has 2 aliphatic rings. The lowest BCUT2D eigenvalue weighted by Crippen LogP contribution is -2.43. The molecule has 0 aromatic heterocycles. The van der Waals surface area contributed by atoms with Gasteiger partial charge in [0.1, 0.15) is 0 Å². The molecule has 2 fully saturated rings. The quantitative estimate of drug-likeness (QED) is 0.772. The molecule has 3 heteroatoms. The molecular weight excluding hydrogens is 346 g/mol. The Kier molecular flexibility index (Phi) is 5.59. The summed E-state index contributed by atoms with van der Waals surface area (Å²) in [7, 11) is 1.70. The van der Waals surface area contributed by atoms with Crippen molar-refractivity contribution in [3.63, 3.8) is 0 Å². The predicted octanol–water partition coefficient (Wildman–Crippen LogP) is 4.67. The summed E-state index contributed by atoms with van der Waals surface area (Å²) in [6.45, 7) is 0.719. The molecule has 0 saturated heterocycles. The van der Waals surface area contributed by atoms with E-state index in [1.807, 2.05) is 24.3 Å². The molecule has 0 atom stereocenters. The maximum atomic E-state index is 6.32. The van der Waals surface area contributed by atoms with Crippen LogP contribution in [0.4, 0.5) is 0 Å². The van der Waals surface area contributed by atoms with Crippen LogP contribution in [0, 0.1) is 17.8 Å². The average molecular weight is 376 g/mol. The first-order valence-corrected chi connectivity index (χ1v) is 10.4. The summed E-state index contributed by atoms with van der Waals surface area (Å²) in [5.74, 6) is 9.16. The molecule has 2 aromatic rings. The highest BCUT2D eigenvalue weighted by Gasteiger charge is 2.44. The van der Waals surface area contributed by atoms with Crippen LogP contribution in [0.25, 0.3) is 0 Å². The Balaban J connectivity index is 1.65. The summed E-state index contributed by atoms with van der Waals surface area (Å²) >= 11 is 0. The van der Waals surface area contributed by atoms with E-state index in [4.69, 9.17) is 15.2 Å². The van der Waals surface area contributed by atoms with E-state index in [-0.39, 0.29) is 5.41 Å². The van der Waals surface area contributed by atoms with E-state index in [1.165, 1.54) is 18.4 Å². The Morgan fingerprint density at radius 2 is 1.79 bits per heavy atom. The van der Waals surface area contributed by atoms with Crippen LogP contribution in [0.2, 0.25) is 0 Å². The zero-order valence-corrected chi connectivity index (χ0v) is 16.6. The first kappa shape index (κ1) is 18.9. The van der Waals surface area contributed by atoms with Crippen molar-refractivity contribution in [1.82, 2.24) is 0 Å². The fourth-order valence-corrected chi connectivity index (χ4v) is 4.47. The molecule has 146 valence electrons. The standard InChI is InChI=1S/C25H29NO2/c1-27-23-12-11-21(15-24(23)28-22-9-5-6-10-22)25(16-20(17-25)18-26)14-13-19-7-3-2-4-8-19/h2-4,7-8,11-12,15,20,22H,5-6,9-10,16-18,26H2,1H3. The third-order valence-corrected chi connectivity index (χ3v) is 6.14. The summed E-state index contributed by atoms with van der Waals surface area (Å²) in [4.78, 5) is 0. The van der Waals surface area contributed by atoms with Crippen molar-refractivity contribution >= 4 is 0 Å². The second kappa shape index (κ2) is 8.29. The van der Waals surface area contributed by atoms with Crippen LogP contribution in [0.3, 0.4) is 0 Å². The minimum absolute atomic E-state index is 0.153. The lowest BCUT2D eigenvalue weighted by atomic mass is 9.59. The highest BCUT2D eigenvalue weighted by Crippen LogP contribution is 2.49. The molecule has 0 amide bonds. The van der Waals surface area contributed by atoms with Gasteiger partial charge >= 0.3 is 0 Å². The number of rotatable bonds is 5. The molecule has 0 radical (unpaired) electrons. The molecule has 0 bridgehead atoms. The first-order chi connectivity index (χ1) is 13.7. The minimum Gasteiger partial charge on any atom is -0.493 e. The van der Waals surface area contributed by atoms with Crippen LogP contribution in [-0.2, 0) is 5.41 Å². The van der Waals surface area contributed by atoms with Crippen molar-refractivity contribution in [1.29, 1.82) is 0 Å². The van der Waals surface area contributed by atoms with Gasteiger partial charge in [-0.1, -0.05) is 36.1 Å². The number of hydrogen-bond donors (Lipinski definition) is 1. The van der Waals surface area contributed by atoms with Crippen LogP contribution < -0.4 is 15.2 Å². The molecule has 2 aromatic carbocycles. The number of methoxy groups -OCH3 is 1. The first-order valence-electron chi connectivity index (χ1n) is 10.4.